The van der Waals surface area contributed by atoms with E-state index < -0.39 is 5.54 Å². The smallest absolute Gasteiger partial charge is 0.252 e. The van der Waals surface area contributed by atoms with Gasteiger partial charge in [-0.15, -0.1) is 5.10 Å². The molecule has 0 aliphatic rings. The Balaban J connectivity index is 1.79. The van der Waals surface area contributed by atoms with Crippen molar-refractivity contribution in [2.45, 2.75) is 12.5 Å². The fraction of sp³-hybridized carbons (Fsp3) is 0.150. The zero-order chi connectivity index (χ0) is 20.9. The highest BCUT2D eigenvalue weighted by Crippen LogP contribution is 2.31. The predicted octanol–water partition coefficient (Wildman–Crippen LogP) is 1.83. The summed E-state index contributed by atoms with van der Waals surface area (Å²) in [6.45, 7) is 1.79. The van der Waals surface area contributed by atoms with Crippen molar-refractivity contribution in [3.8, 4) is 11.6 Å². The summed E-state index contributed by atoms with van der Waals surface area (Å²) < 4.78 is 8.39. The molecule has 0 spiro atoms. The summed E-state index contributed by atoms with van der Waals surface area (Å²) in [7, 11) is 1.59. The van der Waals surface area contributed by atoms with E-state index >= 15 is 0 Å². The monoisotopic (exact) mass is 402 g/mol. The molecular weight excluding hydrogens is 384 g/mol. The van der Waals surface area contributed by atoms with Crippen LogP contribution in [0.1, 0.15) is 12.5 Å². The molecule has 150 valence electrons. The van der Waals surface area contributed by atoms with E-state index in [0.717, 1.165) is 5.56 Å². The van der Waals surface area contributed by atoms with Gasteiger partial charge in [-0.05, 0) is 24.6 Å². The van der Waals surface area contributed by atoms with Crippen molar-refractivity contribution in [2.24, 2.45) is 0 Å². The Morgan fingerprint density at radius 1 is 1.13 bits per heavy atom. The summed E-state index contributed by atoms with van der Waals surface area (Å²) in [5.74, 6) is 0.776. The molecule has 30 heavy (non-hydrogen) atoms. The molecule has 10 heteroatoms. The maximum absolute atomic E-state index is 13.0. The van der Waals surface area contributed by atoms with Crippen molar-refractivity contribution in [1.82, 2.24) is 34.7 Å². The molecule has 10 nitrogen and oxygen atoms in total. The zero-order valence-electron chi connectivity index (χ0n) is 16.3. The van der Waals surface area contributed by atoms with Crippen LogP contribution in [0.5, 0.6) is 0 Å². The number of likely N-dealkylation sites (N-methyl/N-ethyl adjacent to an activating group) is 1. The van der Waals surface area contributed by atoms with Crippen molar-refractivity contribution in [2.75, 3.05) is 12.8 Å². The molecule has 0 aliphatic heterocycles. The molecule has 1 unspecified atom stereocenters. The SMILES string of the molecule is CNC(=O)C(C)(c1ccccc1)n1ncc2c1nc(N)n1nc(-c3ccco3)nc21. The highest BCUT2D eigenvalue weighted by molar-refractivity contribution is 5.94. The molecule has 0 saturated carbocycles. The standard InChI is InChI=1S/C20H18N8O2/c1-20(18(29)22-2,12-7-4-3-5-8-12)28-17-13(11-23-28)16-24-15(14-9-6-10-30-14)26-27(16)19(21)25-17/h3-11H,1-2H3,(H2,21,25)(H,22,29). The molecule has 5 aromatic rings. The van der Waals surface area contributed by atoms with Crippen molar-refractivity contribution in [3.05, 3.63) is 60.5 Å². The van der Waals surface area contributed by atoms with Crippen molar-refractivity contribution in [1.29, 1.82) is 0 Å². The summed E-state index contributed by atoms with van der Waals surface area (Å²) >= 11 is 0. The largest absolute Gasteiger partial charge is 0.461 e. The molecule has 4 heterocycles. The van der Waals surface area contributed by atoms with Gasteiger partial charge in [0.15, 0.2) is 22.6 Å². The number of hydrogen-bond donors (Lipinski definition) is 2. The molecule has 0 bridgehead atoms. The lowest BCUT2D eigenvalue weighted by Gasteiger charge is -2.29. The lowest BCUT2D eigenvalue weighted by Crippen LogP contribution is -2.47. The van der Waals surface area contributed by atoms with Gasteiger partial charge < -0.3 is 15.5 Å². The maximum atomic E-state index is 13.0. The first kappa shape index (κ1) is 17.9. The number of anilines is 1. The fourth-order valence-corrected chi connectivity index (χ4v) is 3.60. The number of furan rings is 1. The summed E-state index contributed by atoms with van der Waals surface area (Å²) in [5, 5.41) is 12.2. The van der Waals surface area contributed by atoms with Gasteiger partial charge in [0.1, 0.15) is 0 Å². The van der Waals surface area contributed by atoms with Gasteiger partial charge in [-0.25, -0.2) is 9.67 Å². The van der Waals surface area contributed by atoms with Gasteiger partial charge in [0.25, 0.3) is 5.91 Å². The Kier molecular flexibility index (Phi) is 3.82. The molecule has 0 fully saturated rings. The van der Waals surface area contributed by atoms with E-state index in [4.69, 9.17) is 10.2 Å². The fourth-order valence-electron chi connectivity index (χ4n) is 3.60. The second-order valence-corrected chi connectivity index (χ2v) is 6.93. The summed E-state index contributed by atoms with van der Waals surface area (Å²) in [6.07, 6.45) is 3.16. The van der Waals surface area contributed by atoms with E-state index in [0.29, 0.717) is 28.3 Å². The Morgan fingerprint density at radius 2 is 1.93 bits per heavy atom. The molecule has 1 aromatic carbocycles. The molecule has 0 aliphatic carbocycles. The first-order valence-corrected chi connectivity index (χ1v) is 9.26. The van der Waals surface area contributed by atoms with Crippen LogP contribution in [0.25, 0.3) is 28.3 Å². The third-order valence-electron chi connectivity index (χ3n) is 5.20. The van der Waals surface area contributed by atoms with Gasteiger partial charge in [-0.1, -0.05) is 30.3 Å². The number of aromatic nitrogens is 6. The highest BCUT2D eigenvalue weighted by atomic mass is 16.3. The number of nitrogen functional groups attached to an aromatic ring is 1. The molecule has 1 atom stereocenters. The topological polar surface area (TPSA) is 129 Å². The Bertz CT molecular complexity index is 1370. The van der Waals surface area contributed by atoms with Crippen LogP contribution < -0.4 is 11.1 Å². The molecule has 0 radical (unpaired) electrons. The highest BCUT2D eigenvalue weighted by Gasteiger charge is 2.39. The Labute approximate surface area is 170 Å². The lowest BCUT2D eigenvalue weighted by atomic mass is 9.91. The van der Waals surface area contributed by atoms with Crippen LogP contribution in [0.3, 0.4) is 0 Å². The third-order valence-corrected chi connectivity index (χ3v) is 5.20. The number of nitrogens with one attached hydrogen (secondary N) is 1. The second kappa shape index (κ2) is 6.41. The van der Waals surface area contributed by atoms with E-state index in [1.54, 1.807) is 43.2 Å². The number of carbonyl (C=O) groups is 1. The number of benzene rings is 1. The summed E-state index contributed by atoms with van der Waals surface area (Å²) in [5.41, 5.74) is 6.69. The Hall–Kier alpha value is -4.21. The van der Waals surface area contributed by atoms with Gasteiger partial charge >= 0.3 is 0 Å². The number of rotatable bonds is 4. The van der Waals surface area contributed by atoms with Crippen LogP contribution in [0.2, 0.25) is 0 Å². The van der Waals surface area contributed by atoms with Crippen LogP contribution in [0.15, 0.2) is 59.3 Å². The average molecular weight is 402 g/mol. The van der Waals surface area contributed by atoms with E-state index in [1.165, 1.54) is 4.52 Å². The van der Waals surface area contributed by atoms with Crippen LogP contribution >= 0.6 is 0 Å². The van der Waals surface area contributed by atoms with E-state index in [-0.39, 0.29) is 11.9 Å². The van der Waals surface area contributed by atoms with Crippen molar-refractivity contribution >= 4 is 28.5 Å². The molecule has 0 saturated heterocycles. The van der Waals surface area contributed by atoms with Gasteiger partial charge in [0.2, 0.25) is 11.8 Å². The number of carbonyl (C=O) groups excluding carboxylic acids is 1. The van der Waals surface area contributed by atoms with Crippen molar-refractivity contribution in [3.63, 3.8) is 0 Å². The molecular formula is C20H18N8O2. The van der Waals surface area contributed by atoms with E-state index in [2.05, 4.69) is 25.5 Å². The number of nitrogens with zero attached hydrogens (tertiary/aromatic N) is 6. The number of nitrogens with two attached hydrogens (primary N) is 1. The first-order valence-electron chi connectivity index (χ1n) is 9.26. The van der Waals surface area contributed by atoms with Crippen LogP contribution in [0.4, 0.5) is 5.95 Å². The quantitative estimate of drug-likeness (QED) is 0.469. The van der Waals surface area contributed by atoms with Crippen LogP contribution in [-0.4, -0.2) is 42.3 Å². The Morgan fingerprint density at radius 3 is 2.63 bits per heavy atom. The molecule has 4 aromatic heterocycles. The molecule has 1 amide bonds. The molecule has 5 rings (SSSR count). The van der Waals surface area contributed by atoms with Gasteiger partial charge in [-0.3, -0.25) is 4.79 Å². The van der Waals surface area contributed by atoms with E-state index in [1.807, 2.05) is 30.3 Å². The number of fused-ring (bicyclic) bond motifs is 3. The normalized spacial score (nSPS) is 13.5. The first-order chi connectivity index (χ1) is 14.5. The second-order valence-electron chi connectivity index (χ2n) is 6.93. The minimum Gasteiger partial charge on any atom is -0.461 e. The summed E-state index contributed by atoms with van der Waals surface area (Å²) in [6, 6.07) is 12.9. The third kappa shape index (κ3) is 2.40. The van der Waals surface area contributed by atoms with Gasteiger partial charge in [-0.2, -0.15) is 14.6 Å². The number of amides is 1. The molecule has 3 N–H and O–H groups in total. The van der Waals surface area contributed by atoms with Gasteiger partial charge in [0.05, 0.1) is 17.8 Å². The minimum atomic E-state index is -1.15. The average Bonchev–Trinajstić information content (AvgIpc) is 3.51. The van der Waals surface area contributed by atoms with Gasteiger partial charge in [0, 0.05) is 7.05 Å². The predicted molar refractivity (Wildman–Crippen MR) is 109 cm³/mol. The van der Waals surface area contributed by atoms with E-state index in [9.17, 15) is 4.79 Å². The number of hydrogen-bond acceptors (Lipinski definition) is 7. The van der Waals surface area contributed by atoms with Crippen LogP contribution in [-0.2, 0) is 10.3 Å². The minimum absolute atomic E-state index is 0.122. The van der Waals surface area contributed by atoms with Crippen LogP contribution in [0, 0.1) is 0 Å². The zero-order valence-corrected chi connectivity index (χ0v) is 16.3. The lowest BCUT2D eigenvalue weighted by molar-refractivity contribution is -0.127. The summed E-state index contributed by atoms with van der Waals surface area (Å²) in [4.78, 5) is 22.1. The maximum Gasteiger partial charge on any atom is 0.252 e. The van der Waals surface area contributed by atoms with Crippen molar-refractivity contribution < 1.29 is 9.21 Å².